The van der Waals surface area contributed by atoms with Gasteiger partial charge in [0.05, 0.1) is 5.56 Å². The molecule has 0 bridgehead atoms. The van der Waals surface area contributed by atoms with Gasteiger partial charge in [-0.2, -0.15) is 0 Å². The van der Waals surface area contributed by atoms with Gasteiger partial charge in [-0.3, -0.25) is 0 Å². The van der Waals surface area contributed by atoms with Crippen molar-refractivity contribution in [2.75, 3.05) is 13.6 Å². The van der Waals surface area contributed by atoms with Gasteiger partial charge in [0, 0.05) is 13.1 Å². The largest absolute Gasteiger partial charge is 0.478 e. The molecule has 1 aromatic rings. The van der Waals surface area contributed by atoms with Gasteiger partial charge in [-0.25, -0.2) is 9.18 Å². The van der Waals surface area contributed by atoms with E-state index in [0.717, 1.165) is 18.5 Å². The molecule has 1 N–H and O–H groups in total. The van der Waals surface area contributed by atoms with E-state index < -0.39 is 11.8 Å². The Labute approximate surface area is 106 Å². The second-order valence-electron chi connectivity index (χ2n) is 5.10. The number of benzene rings is 1. The van der Waals surface area contributed by atoms with Crippen LogP contribution < -0.4 is 0 Å². The van der Waals surface area contributed by atoms with Crippen molar-refractivity contribution in [1.82, 2.24) is 4.90 Å². The van der Waals surface area contributed by atoms with Crippen molar-refractivity contribution in [2.24, 2.45) is 5.92 Å². The number of aromatic carboxylic acids is 1. The molecule has 0 spiro atoms. The molecule has 1 saturated carbocycles. The van der Waals surface area contributed by atoms with Crippen LogP contribution in [0.1, 0.15) is 35.2 Å². The highest BCUT2D eigenvalue weighted by atomic mass is 19.1. The van der Waals surface area contributed by atoms with Crippen molar-refractivity contribution in [3.8, 4) is 0 Å². The number of nitrogens with zero attached hydrogens (tertiary/aromatic N) is 1. The van der Waals surface area contributed by atoms with E-state index in [1.54, 1.807) is 6.07 Å². The maximum atomic E-state index is 13.0. The summed E-state index contributed by atoms with van der Waals surface area (Å²) in [6.07, 6.45) is 3.83. The summed E-state index contributed by atoms with van der Waals surface area (Å²) in [5.41, 5.74) is 0.737. The first kappa shape index (κ1) is 13.0. The fourth-order valence-corrected chi connectivity index (χ4v) is 2.36. The molecule has 0 saturated heterocycles. The number of rotatable bonds is 5. The summed E-state index contributed by atoms with van der Waals surface area (Å²) in [5, 5.41) is 9.06. The van der Waals surface area contributed by atoms with Crippen molar-refractivity contribution in [3.05, 3.63) is 35.1 Å². The molecule has 1 fully saturated rings. The molecule has 1 aliphatic carbocycles. The summed E-state index contributed by atoms with van der Waals surface area (Å²) in [7, 11) is 1.98. The van der Waals surface area contributed by atoms with Gasteiger partial charge in [0.1, 0.15) is 5.82 Å². The average molecular weight is 251 g/mol. The fraction of sp³-hybridized carbons (Fsp3) is 0.500. The van der Waals surface area contributed by atoms with Gasteiger partial charge in [-0.1, -0.05) is 12.5 Å². The molecule has 0 radical (unpaired) electrons. The molecule has 1 aliphatic rings. The van der Waals surface area contributed by atoms with E-state index >= 15 is 0 Å². The summed E-state index contributed by atoms with van der Waals surface area (Å²) < 4.78 is 13.0. The lowest BCUT2D eigenvalue weighted by Gasteiger charge is -2.30. The van der Waals surface area contributed by atoms with E-state index in [0.29, 0.717) is 12.1 Å². The lowest BCUT2D eigenvalue weighted by molar-refractivity contribution is 0.0694. The molecule has 2 rings (SSSR count). The molecule has 0 heterocycles. The van der Waals surface area contributed by atoms with Crippen LogP contribution in [0.3, 0.4) is 0 Å². The molecule has 0 unspecified atom stereocenters. The predicted octanol–water partition coefficient (Wildman–Crippen LogP) is 2.76. The predicted molar refractivity (Wildman–Crippen MR) is 67.0 cm³/mol. The first-order valence-corrected chi connectivity index (χ1v) is 6.26. The number of carboxylic acids is 1. The van der Waals surface area contributed by atoms with E-state index in [1.165, 1.54) is 25.3 Å². The second-order valence-corrected chi connectivity index (χ2v) is 5.10. The van der Waals surface area contributed by atoms with Crippen LogP contribution in [-0.2, 0) is 6.54 Å². The second kappa shape index (κ2) is 5.48. The number of halogens is 1. The summed E-state index contributed by atoms with van der Waals surface area (Å²) >= 11 is 0. The molecule has 3 nitrogen and oxygen atoms in total. The summed E-state index contributed by atoms with van der Waals surface area (Å²) in [6.45, 7) is 1.54. The number of hydrogen-bond acceptors (Lipinski definition) is 2. The SMILES string of the molecule is CN(Cc1ccc(F)cc1C(=O)O)CC1CCC1. The van der Waals surface area contributed by atoms with Gasteiger partial charge in [0.2, 0.25) is 0 Å². The van der Waals surface area contributed by atoms with Crippen molar-refractivity contribution in [2.45, 2.75) is 25.8 Å². The van der Waals surface area contributed by atoms with Crippen LogP contribution >= 0.6 is 0 Å². The maximum absolute atomic E-state index is 13.0. The van der Waals surface area contributed by atoms with Crippen LogP contribution in [0.15, 0.2) is 18.2 Å². The summed E-state index contributed by atoms with van der Waals surface area (Å²) in [4.78, 5) is 13.2. The molecular formula is C14H18FNO2. The first-order valence-electron chi connectivity index (χ1n) is 6.26. The molecular weight excluding hydrogens is 233 g/mol. The highest BCUT2D eigenvalue weighted by Crippen LogP contribution is 2.27. The monoisotopic (exact) mass is 251 g/mol. The van der Waals surface area contributed by atoms with E-state index in [4.69, 9.17) is 5.11 Å². The van der Waals surface area contributed by atoms with Gasteiger partial charge in [-0.15, -0.1) is 0 Å². The first-order chi connectivity index (χ1) is 8.56. The molecule has 98 valence electrons. The van der Waals surface area contributed by atoms with Gasteiger partial charge >= 0.3 is 5.97 Å². The Balaban J connectivity index is 2.05. The topological polar surface area (TPSA) is 40.5 Å². The van der Waals surface area contributed by atoms with E-state index in [9.17, 15) is 9.18 Å². The number of carbonyl (C=O) groups is 1. The highest BCUT2D eigenvalue weighted by molar-refractivity contribution is 5.89. The molecule has 0 amide bonds. The number of hydrogen-bond donors (Lipinski definition) is 1. The molecule has 0 aliphatic heterocycles. The molecule has 18 heavy (non-hydrogen) atoms. The quantitative estimate of drug-likeness (QED) is 0.874. The Morgan fingerprint density at radius 1 is 1.50 bits per heavy atom. The van der Waals surface area contributed by atoms with Crippen LogP contribution in [-0.4, -0.2) is 29.6 Å². The third-order valence-corrected chi connectivity index (χ3v) is 3.54. The van der Waals surface area contributed by atoms with Crippen LogP contribution in [0, 0.1) is 11.7 Å². The lowest BCUT2D eigenvalue weighted by atomic mass is 9.85. The fourth-order valence-electron chi connectivity index (χ4n) is 2.36. The van der Waals surface area contributed by atoms with Crippen LogP contribution in [0.2, 0.25) is 0 Å². The summed E-state index contributed by atoms with van der Waals surface area (Å²) in [6, 6.07) is 3.98. The minimum absolute atomic E-state index is 0.0652. The van der Waals surface area contributed by atoms with Crippen LogP contribution in [0.25, 0.3) is 0 Å². The zero-order chi connectivity index (χ0) is 13.1. The third-order valence-electron chi connectivity index (χ3n) is 3.54. The van der Waals surface area contributed by atoms with Crippen molar-refractivity contribution in [3.63, 3.8) is 0 Å². The molecule has 4 heteroatoms. The van der Waals surface area contributed by atoms with E-state index in [2.05, 4.69) is 4.90 Å². The summed E-state index contributed by atoms with van der Waals surface area (Å²) in [5.74, 6) is -0.830. The zero-order valence-electron chi connectivity index (χ0n) is 10.5. The minimum Gasteiger partial charge on any atom is -0.478 e. The Bertz CT molecular complexity index is 443. The van der Waals surface area contributed by atoms with Crippen molar-refractivity contribution >= 4 is 5.97 Å². The Morgan fingerprint density at radius 3 is 2.78 bits per heavy atom. The van der Waals surface area contributed by atoms with Gasteiger partial charge in [0.15, 0.2) is 0 Å². The average Bonchev–Trinajstić information content (AvgIpc) is 2.26. The van der Waals surface area contributed by atoms with Crippen molar-refractivity contribution < 1.29 is 14.3 Å². The Morgan fingerprint density at radius 2 is 2.22 bits per heavy atom. The zero-order valence-corrected chi connectivity index (χ0v) is 10.5. The smallest absolute Gasteiger partial charge is 0.336 e. The van der Waals surface area contributed by atoms with Crippen molar-refractivity contribution in [1.29, 1.82) is 0 Å². The highest BCUT2D eigenvalue weighted by Gasteiger charge is 2.20. The Hall–Kier alpha value is -1.42. The Kier molecular flexibility index (Phi) is 3.97. The van der Waals surface area contributed by atoms with Gasteiger partial charge in [0.25, 0.3) is 0 Å². The third kappa shape index (κ3) is 3.07. The maximum Gasteiger partial charge on any atom is 0.336 e. The number of carboxylic acid groups (broad SMARTS) is 1. The van der Waals surface area contributed by atoms with Gasteiger partial charge < -0.3 is 10.0 Å². The van der Waals surface area contributed by atoms with E-state index in [1.807, 2.05) is 7.05 Å². The van der Waals surface area contributed by atoms with Gasteiger partial charge in [-0.05, 0) is 43.5 Å². The lowest BCUT2D eigenvalue weighted by Crippen LogP contribution is -2.29. The van der Waals surface area contributed by atoms with Crippen LogP contribution in [0.5, 0.6) is 0 Å². The minimum atomic E-state index is -1.07. The molecule has 1 aromatic carbocycles. The molecule has 0 atom stereocenters. The van der Waals surface area contributed by atoms with E-state index in [-0.39, 0.29) is 5.56 Å². The van der Waals surface area contributed by atoms with Crippen LogP contribution in [0.4, 0.5) is 4.39 Å². The normalized spacial score (nSPS) is 15.7. The standard InChI is InChI=1S/C14H18FNO2/c1-16(8-10-3-2-4-10)9-11-5-6-12(15)7-13(11)14(17)18/h5-7,10H,2-4,8-9H2,1H3,(H,17,18). The molecule has 0 aromatic heterocycles.